The van der Waals surface area contributed by atoms with E-state index >= 15 is 0 Å². The summed E-state index contributed by atoms with van der Waals surface area (Å²) in [6.45, 7) is 1.52. The molecular formula is C18H14N2O3. The maximum atomic E-state index is 11.0. The summed E-state index contributed by atoms with van der Waals surface area (Å²) in [4.78, 5) is 10.5. The van der Waals surface area contributed by atoms with E-state index in [4.69, 9.17) is 4.52 Å². The number of aromatic nitrogens is 1. The van der Waals surface area contributed by atoms with E-state index in [9.17, 15) is 10.1 Å². The highest BCUT2D eigenvalue weighted by atomic mass is 16.6. The van der Waals surface area contributed by atoms with Crippen LogP contribution in [0.15, 0.2) is 59.1 Å². The molecule has 0 unspecified atom stereocenters. The predicted molar refractivity (Wildman–Crippen MR) is 88.7 cm³/mol. The molecule has 0 radical (unpaired) electrons. The number of nitrogens with zero attached hydrogens (tertiary/aromatic N) is 2. The van der Waals surface area contributed by atoms with Crippen molar-refractivity contribution in [1.29, 1.82) is 0 Å². The first-order valence-corrected chi connectivity index (χ1v) is 7.09. The molecule has 0 N–H and O–H groups in total. The Morgan fingerprint density at radius 1 is 1.00 bits per heavy atom. The fourth-order valence-electron chi connectivity index (χ4n) is 2.31. The molecule has 0 amide bonds. The van der Waals surface area contributed by atoms with E-state index in [0.29, 0.717) is 0 Å². The zero-order chi connectivity index (χ0) is 16.2. The molecule has 1 aromatic heterocycles. The number of rotatable bonds is 4. The van der Waals surface area contributed by atoms with Crippen molar-refractivity contribution in [2.45, 2.75) is 6.92 Å². The van der Waals surface area contributed by atoms with E-state index in [-0.39, 0.29) is 17.1 Å². The molecule has 5 nitrogen and oxygen atoms in total. The van der Waals surface area contributed by atoms with Crippen LogP contribution in [0.5, 0.6) is 0 Å². The zero-order valence-electron chi connectivity index (χ0n) is 12.5. The van der Waals surface area contributed by atoms with Gasteiger partial charge in [0, 0.05) is 6.92 Å². The number of hydrogen-bond donors (Lipinski definition) is 0. The zero-order valence-corrected chi connectivity index (χ0v) is 12.5. The first kappa shape index (κ1) is 14.7. The maximum absolute atomic E-state index is 11.0. The van der Waals surface area contributed by atoms with Gasteiger partial charge in [0.1, 0.15) is 0 Å². The highest BCUT2D eigenvalue weighted by molar-refractivity contribution is 5.74. The van der Waals surface area contributed by atoms with Crippen LogP contribution in [0.1, 0.15) is 17.0 Å². The monoisotopic (exact) mass is 306 g/mol. The highest BCUT2D eigenvalue weighted by Gasteiger charge is 2.21. The van der Waals surface area contributed by atoms with Gasteiger partial charge < -0.3 is 4.52 Å². The van der Waals surface area contributed by atoms with E-state index in [2.05, 4.69) is 5.16 Å². The van der Waals surface area contributed by atoms with Crippen LogP contribution in [0.2, 0.25) is 0 Å². The second-order valence-electron chi connectivity index (χ2n) is 5.05. The minimum absolute atomic E-state index is 0.0952. The number of aryl methyl sites for hydroxylation is 1. The molecule has 1 heterocycles. The molecule has 3 aromatic rings. The first-order valence-electron chi connectivity index (χ1n) is 7.09. The topological polar surface area (TPSA) is 69.2 Å². The van der Waals surface area contributed by atoms with Gasteiger partial charge in [0.2, 0.25) is 5.76 Å². The van der Waals surface area contributed by atoms with Crippen molar-refractivity contribution in [3.63, 3.8) is 0 Å². The second kappa shape index (κ2) is 6.27. The van der Waals surface area contributed by atoms with Crippen molar-refractivity contribution in [3.05, 3.63) is 81.7 Å². The average Bonchev–Trinajstić information content (AvgIpc) is 2.95. The standard InChI is InChI=1S/C18H14N2O3/c1-13-18(20(21)22)17(19-23-13)12-9-14-7-10-16(11-8-14)15-5-3-2-4-6-15/h2-12H,1H3. The van der Waals surface area contributed by atoms with Gasteiger partial charge >= 0.3 is 5.69 Å². The molecule has 0 aliphatic carbocycles. The van der Waals surface area contributed by atoms with Gasteiger partial charge in [0.25, 0.3) is 0 Å². The molecule has 114 valence electrons. The Bertz CT molecular complexity index is 850. The summed E-state index contributed by atoms with van der Waals surface area (Å²) < 4.78 is 4.88. The fraction of sp³-hybridized carbons (Fsp3) is 0.0556. The summed E-state index contributed by atoms with van der Waals surface area (Å²) in [5, 5.41) is 14.7. The van der Waals surface area contributed by atoms with Gasteiger partial charge in [0.05, 0.1) is 4.92 Å². The summed E-state index contributed by atoms with van der Waals surface area (Å²) in [5.41, 5.74) is 3.32. The van der Waals surface area contributed by atoms with E-state index in [1.807, 2.05) is 54.6 Å². The van der Waals surface area contributed by atoms with E-state index in [1.165, 1.54) is 6.92 Å². The van der Waals surface area contributed by atoms with Crippen LogP contribution >= 0.6 is 0 Å². The molecule has 0 atom stereocenters. The Labute approximate surface area is 133 Å². The molecule has 0 saturated carbocycles. The van der Waals surface area contributed by atoms with Crippen LogP contribution in [0.4, 0.5) is 5.69 Å². The molecule has 0 bridgehead atoms. The fourth-order valence-corrected chi connectivity index (χ4v) is 2.31. The summed E-state index contributed by atoms with van der Waals surface area (Å²) >= 11 is 0. The average molecular weight is 306 g/mol. The Morgan fingerprint density at radius 2 is 1.65 bits per heavy atom. The van der Waals surface area contributed by atoms with Gasteiger partial charge in [-0.05, 0) is 22.8 Å². The molecule has 2 aromatic carbocycles. The van der Waals surface area contributed by atoms with Crippen molar-refractivity contribution >= 4 is 17.8 Å². The Morgan fingerprint density at radius 3 is 2.30 bits per heavy atom. The predicted octanol–water partition coefficient (Wildman–Crippen LogP) is 4.73. The number of hydrogen-bond acceptors (Lipinski definition) is 4. The minimum Gasteiger partial charge on any atom is -0.354 e. The molecule has 0 saturated heterocycles. The number of benzene rings is 2. The molecule has 5 heteroatoms. The smallest absolute Gasteiger partial charge is 0.338 e. The molecular weight excluding hydrogens is 292 g/mol. The van der Waals surface area contributed by atoms with Crippen LogP contribution in [0.25, 0.3) is 23.3 Å². The van der Waals surface area contributed by atoms with Crippen molar-refractivity contribution in [2.24, 2.45) is 0 Å². The lowest BCUT2D eigenvalue weighted by atomic mass is 10.0. The third-order valence-electron chi connectivity index (χ3n) is 3.49. The van der Waals surface area contributed by atoms with Crippen LogP contribution < -0.4 is 0 Å². The highest BCUT2D eigenvalue weighted by Crippen LogP contribution is 2.25. The molecule has 0 aliphatic rings. The quantitative estimate of drug-likeness (QED) is 0.516. The van der Waals surface area contributed by atoms with Crippen molar-refractivity contribution in [3.8, 4) is 11.1 Å². The second-order valence-corrected chi connectivity index (χ2v) is 5.05. The lowest BCUT2D eigenvalue weighted by Crippen LogP contribution is -1.90. The first-order chi connectivity index (χ1) is 11.1. The van der Waals surface area contributed by atoms with Crippen LogP contribution in [-0.4, -0.2) is 10.1 Å². The van der Waals surface area contributed by atoms with E-state index in [1.54, 1.807) is 12.2 Å². The molecule has 3 rings (SSSR count). The molecule has 23 heavy (non-hydrogen) atoms. The molecule has 0 spiro atoms. The van der Waals surface area contributed by atoms with Gasteiger partial charge in [-0.1, -0.05) is 65.8 Å². The Hall–Kier alpha value is -3.21. The van der Waals surface area contributed by atoms with Crippen molar-refractivity contribution in [1.82, 2.24) is 5.16 Å². The third kappa shape index (κ3) is 3.18. The Balaban J connectivity index is 1.83. The van der Waals surface area contributed by atoms with Crippen molar-refractivity contribution in [2.75, 3.05) is 0 Å². The van der Waals surface area contributed by atoms with Crippen LogP contribution in [0.3, 0.4) is 0 Å². The van der Waals surface area contributed by atoms with Gasteiger partial charge in [0.15, 0.2) is 5.69 Å². The van der Waals surface area contributed by atoms with Gasteiger partial charge in [-0.25, -0.2) is 0 Å². The van der Waals surface area contributed by atoms with Gasteiger partial charge in [-0.15, -0.1) is 0 Å². The summed E-state index contributed by atoms with van der Waals surface area (Å²) in [6, 6.07) is 18.0. The largest absolute Gasteiger partial charge is 0.354 e. The molecule has 0 aliphatic heterocycles. The molecule has 0 fully saturated rings. The van der Waals surface area contributed by atoms with E-state index < -0.39 is 4.92 Å². The lowest BCUT2D eigenvalue weighted by Gasteiger charge is -2.01. The number of nitro groups is 1. The third-order valence-corrected chi connectivity index (χ3v) is 3.49. The van der Waals surface area contributed by atoms with Crippen molar-refractivity contribution < 1.29 is 9.45 Å². The summed E-state index contributed by atoms with van der Waals surface area (Å²) in [6.07, 6.45) is 3.37. The normalized spacial score (nSPS) is 11.0. The maximum Gasteiger partial charge on any atom is 0.338 e. The Kier molecular flexibility index (Phi) is 4.01. The summed E-state index contributed by atoms with van der Waals surface area (Å²) in [7, 11) is 0. The lowest BCUT2D eigenvalue weighted by molar-refractivity contribution is -0.386. The van der Waals surface area contributed by atoms with Crippen LogP contribution in [0, 0.1) is 17.0 Å². The van der Waals surface area contributed by atoms with Crippen LogP contribution in [-0.2, 0) is 0 Å². The SMILES string of the molecule is Cc1onc(C=Cc2ccc(-c3ccccc3)cc2)c1[N+](=O)[O-]. The summed E-state index contributed by atoms with van der Waals surface area (Å²) in [5.74, 6) is 0.203. The van der Waals surface area contributed by atoms with E-state index in [0.717, 1.165) is 16.7 Å². The minimum atomic E-state index is -0.482. The van der Waals surface area contributed by atoms with Gasteiger partial charge in [-0.2, -0.15) is 0 Å². The van der Waals surface area contributed by atoms with Gasteiger partial charge in [-0.3, -0.25) is 10.1 Å².